The third kappa shape index (κ3) is 2.52. The second kappa shape index (κ2) is 5.33. The van der Waals surface area contributed by atoms with Crippen LogP contribution >= 0.6 is 0 Å². The highest BCUT2D eigenvalue weighted by Crippen LogP contribution is 2.31. The van der Waals surface area contributed by atoms with E-state index in [-0.39, 0.29) is 0 Å². The average molecular weight is 257 g/mol. The Bertz CT molecular complexity index is 550. The van der Waals surface area contributed by atoms with Crippen molar-refractivity contribution < 1.29 is 0 Å². The Morgan fingerprint density at radius 1 is 1.32 bits per heavy atom. The van der Waals surface area contributed by atoms with E-state index in [0.29, 0.717) is 5.92 Å². The predicted molar refractivity (Wildman–Crippen MR) is 79.6 cm³/mol. The van der Waals surface area contributed by atoms with Gasteiger partial charge in [-0.25, -0.2) is 0 Å². The lowest BCUT2D eigenvalue weighted by molar-refractivity contribution is 0.254. The fourth-order valence-corrected chi connectivity index (χ4v) is 3.13. The molecule has 1 aromatic heterocycles. The second-order valence-corrected chi connectivity index (χ2v) is 5.82. The first-order valence-electron chi connectivity index (χ1n) is 7.43. The van der Waals surface area contributed by atoms with Gasteiger partial charge in [0.15, 0.2) is 0 Å². The molecule has 0 atom stereocenters. The zero-order chi connectivity index (χ0) is 13.2. The fourth-order valence-electron chi connectivity index (χ4n) is 3.13. The van der Waals surface area contributed by atoms with Crippen molar-refractivity contribution in [2.45, 2.75) is 38.5 Å². The van der Waals surface area contributed by atoms with E-state index in [0.717, 1.165) is 11.9 Å². The Kier molecular flexibility index (Phi) is 3.56. The number of rotatable bonds is 3. The van der Waals surface area contributed by atoms with Crippen LogP contribution in [0.15, 0.2) is 18.2 Å². The molecule has 1 aromatic carbocycles. The summed E-state index contributed by atoms with van der Waals surface area (Å²) in [6, 6.07) is 6.77. The molecule has 2 aromatic rings. The number of H-pyrrole nitrogens is 1. The highest BCUT2D eigenvalue weighted by atomic mass is 15.1. The minimum atomic E-state index is 0.651. The number of nitrogens with one attached hydrogen (secondary N) is 1. The molecule has 0 amide bonds. The van der Waals surface area contributed by atoms with Crippen molar-refractivity contribution in [3.05, 3.63) is 29.5 Å². The number of fused-ring (bicyclic) bond motifs is 1. The van der Waals surface area contributed by atoms with Crippen molar-refractivity contribution in [3.8, 4) is 0 Å². The fraction of sp³-hybridized carbons (Fsp3) is 0.562. The van der Waals surface area contributed by atoms with Crippen molar-refractivity contribution in [1.82, 2.24) is 15.1 Å². The zero-order valence-electron chi connectivity index (χ0n) is 11.9. The molecule has 0 bridgehead atoms. The Balaban J connectivity index is 1.88. The van der Waals surface area contributed by atoms with Crippen LogP contribution in [0.3, 0.4) is 0 Å². The summed E-state index contributed by atoms with van der Waals surface area (Å²) in [7, 11) is 2.21. The summed E-state index contributed by atoms with van der Waals surface area (Å²) >= 11 is 0. The zero-order valence-corrected chi connectivity index (χ0v) is 11.9. The van der Waals surface area contributed by atoms with Crippen molar-refractivity contribution in [3.63, 3.8) is 0 Å². The lowest BCUT2D eigenvalue weighted by Crippen LogP contribution is -2.29. The number of benzene rings is 1. The van der Waals surface area contributed by atoms with E-state index in [4.69, 9.17) is 0 Å². The first-order chi connectivity index (χ1) is 9.28. The molecule has 3 nitrogen and oxygen atoms in total. The largest absolute Gasteiger partial charge is 0.306 e. The highest BCUT2D eigenvalue weighted by molar-refractivity contribution is 5.82. The van der Waals surface area contributed by atoms with Gasteiger partial charge in [0.1, 0.15) is 0 Å². The van der Waals surface area contributed by atoms with Crippen molar-refractivity contribution in [1.29, 1.82) is 0 Å². The second-order valence-electron chi connectivity index (χ2n) is 5.82. The molecule has 102 valence electrons. The van der Waals surface area contributed by atoms with E-state index in [2.05, 4.69) is 47.3 Å². The monoisotopic (exact) mass is 257 g/mol. The smallest absolute Gasteiger partial charge is 0.0926 e. The van der Waals surface area contributed by atoms with Gasteiger partial charge in [-0.3, -0.25) is 5.10 Å². The van der Waals surface area contributed by atoms with E-state index in [9.17, 15) is 0 Å². The maximum atomic E-state index is 4.52. The summed E-state index contributed by atoms with van der Waals surface area (Å²) in [5.74, 6) is 0.651. The Morgan fingerprint density at radius 3 is 2.84 bits per heavy atom. The third-order valence-corrected chi connectivity index (χ3v) is 4.31. The SMILES string of the molecule is CCCc1ccc2c(C3CCN(C)CC3)[nH]nc2c1. The lowest BCUT2D eigenvalue weighted by Gasteiger charge is -2.28. The van der Waals surface area contributed by atoms with Crippen LogP contribution in [0, 0.1) is 0 Å². The molecule has 2 heterocycles. The molecular weight excluding hydrogens is 234 g/mol. The maximum absolute atomic E-state index is 4.52. The van der Waals surface area contributed by atoms with Gasteiger partial charge in [0.2, 0.25) is 0 Å². The highest BCUT2D eigenvalue weighted by Gasteiger charge is 2.21. The predicted octanol–water partition coefficient (Wildman–Crippen LogP) is 3.32. The third-order valence-electron chi connectivity index (χ3n) is 4.31. The van der Waals surface area contributed by atoms with Crippen LogP contribution < -0.4 is 0 Å². The Morgan fingerprint density at radius 2 is 2.11 bits per heavy atom. The minimum absolute atomic E-state index is 0.651. The molecule has 0 spiro atoms. The molecular formula is C16H23N3. The molecule has 0 saturated carbocycles. The number of piperidine rings is 1. The van der Waals surface area contributed by atoms with Crippen LogP contribution in [0.1, 0.15) is 43.4 Å². The van der Waals surface area contributed by atoms with Gasteiger partial charge in [0.25, 0.3) is 0 Å². The summed E-state index contributed by atoms with van der Waals surface area (Å²) in [6.45, 7) is 4.61. The first-order valence-corrected chi connectivity index (χ1v) is 7.43. The summed E-state index contributed by atoms with van der Waals surface area (Å²) in [5.41, 5.74) is 3.89. The van der Waals surface area contributed by atoms with Crippen LogP contribution in [0.4, 0.5) is 0 Å². The van der Waals surface area contributed by atoms with Crippen molar-refractivity contribution in [2.75, 3.05) is 20.1 Å². The number of nitrogens with zero attached hydrogens (tertiary/aromatic N) is 2. The van der Waals surface area contributed by atoms with Crippen molar-refractivity contribution in [2.24, 2.45) is 0 Å². The van der Waals surface area contributed by atoms with Gasteiger partial charge in [0, 0.05) is 17.0 Å². The topological polar surface area (TPSA) is 31.9 Å². The van der Waals surface area contributed by atoms with Crippen LogP contribution in [-0.2, 0) is 6.42 Å². The first kappa shape index (κ1) is 12.7. The van der Waals surface area contributed by atoms with Crippen LogP contribution in [-0.4, -0.2) is 35.2 Å². The molecule has 3 heteroatoms. The molecule has 1 aliphatic rings. The lowest BCUT2D eigenvalue weighted by atomic mass is 9.91. The number of hydrogen-bond donors (Lipinski definition) is 1. The molecule has 19 heavy (non-hydrogen) atoms. The van der Waals surface area contributed by atoms with E-state index in [1.165, 1.54) is 49.0 Å². The van der Waals surface area contributed by atoms with Crippen LogP contribution in [0.25, 0.3) is 10.9 Å². The van der Waals surface area contributed by atoms with Crippen LogP contribution in [0.2, 0.25) is 0 Å². The maximum Gasteiger partial charge on any atom is 0.0926 e. The standard InChI is InChI=1S/C16H23N3/c1-3-4-12-5-6-14-15(11-12)17-18-16(14)13-7-9-19(2)10-8-13/h5-6,11,13H,3-4,7-10H2,1-2H3,(H,17,18). The van der Waals surface area contributed by atoms with Gasteiger partial charge < -0.3 is 4.90 Å². The molecule has 1 fully saturated rings. The Labute approximate surface area is 115 Å². The molecule has 1 aliphatic heterocycles. The Hall–Kier alpha value is -1.35. The van der Waals surface area contributed by atoms with E-state index >= 15 is 0 Å². The number of hydrogen-bond acceptors (Lipinski definition) is 2. The van der Waals surface area contributed by atoms with E-state index in [1.54, 1.807) is 0 Å². The normalized spacial score (nSPS) is 18.2. The van der Waals surface area contributed by atoms with E-state index < -0.39 is 0 Å². The summed E-state index contributed by atoms with van der Waals surface area (Å²) in [4.78, 5) is 2.41. The van der Waals surface area contributed by atoms with Gasteiger partial charge in [-0.15, -0.1) is 0 Å². The number of likely N-dealkylation sites (tertiary alicyclic amines) is 1. The molecule has 0 radical (unpaired) electrons. The van der Waals surface area contributed by atoms with Crippen LogP contribution in [0.5, 0.6) is 0 Å². The van der Waals surface area contributed by atoms with Gasteiger partial charge in [-0.05, 0) is 51.0 Å². The van der Waals surface area contributed by atoms with Gasteiger partial charge in [-0.1, -0.05) is 25.5 Å². The van der Waals surface area contributed by atoms with Crippen molar-refractivity contribution >= 4 is 10.9 Å². The minimum Gasteiger partial charge on any atom is -0.306 e. The van der Waals surface area contributed by atoms with Gasteiger partial charge in [-0.2, -0.15) is 5.10 Å². The van der Waals surface area contributed by atoms with Gasteiger partial charge in [0.05, 0.1) is 5.52 Å². The summed E-state index contributed by atoms with van der Waals surface area (Å²) < 4.78 is 0. The molecule has 0 aliphatic carbocycles. The molecule has 1 N–H and O–H groups in total. The molecule has 0 unspecified atom stereocenters. The molecule has 3 rings (SSSR count). The summed E-state index contributed by atoms with van der Waals surface area (Å²) in [5, 5.41) is 9.14. The quantitative estimate of drug-likeness (QED) is 0.914. The molecule has 1 saturated heterocycles. The average Bonchev–Trinajstić information content (AvgIpc) is 2.83. The van der Waals surface area contributed by atoms with E-state index in [1.807, 2.05) is 0 Å². The number of aromatic amines is 1. The summed E-state index contributed by atoms with van der Waals surface area (Å²) in [6.07, 6.45) is 4.82. The number of aromatic nitrogens is 2. The number of aryl methyl sites for hydroxylation is 1. The van der Waals surface area contributed by atoms with Gasteiger partial charge >= 0.3 is 0 Å².